The van der Waals surface area contributed by atoms with Gasteiger partial charge in [-0.05, 0) is 43.4 Å². The van der Waals surface area contributed by atoms with Gasteiger partial charge in [-0.1, -0.05) is 30.2 Å². The van der Waals surface area contributed by atoms with Crippen molar-refractivity contribution in [3.05, 3.63) is 40.7 Å². The van der Waals surface area contributed by atoms with E-state index in [9.17, 15) is 9.59 Å². The number of nitrogen functional groups attached to an aromatic ring is 2. The minimum absolute atomic E-state index is 0.0331. The number of anilines is 2. The highest BCUT2D eigenvalue weighted by molar-refractivity contribution is 6.31. The van der Waals surface area contributed by atoms with Gasteiger partial charge in [-0.3, -0.25) is 4.79 Å². The number of carbonyl (C=O) groups is 2. The number of urea groups is 1. The summed E-state index contributed by atoms with van der Waals surface area (Å²) in [5.74, 6) is 0.254. The van der Waals surface area contributed by atoms with Crippen molar-refractivity contribution in [2.24, 2.45) is 0 Å². The van der Waals surface area contributed by atoms with E-state index in [2.05, 4.69) is 20.6 Å². The lowest BCUT2D eigenvalue weighted by atomic mass is 10.0. The predicted octanol–water partition coefficient (Wildman–Crippen LogP) is 3.05. The molecule has 2 rings (SSSR count). The molecule has 42 heavy (non-hydrogen) atoms. The van der Waals surface area contributed by atoms with Crippen LogP contribution in [0.4, 0.5) is 16.4 Å². The number of halogens is 1. The lowest BCUT2D eigenvalue weighted by Crippen LogP contribution is -2.39. The second-order valence-corrected chi connectivity index (χ2v) is 9.65. The number of ketones is 1. The first-order valence-electron chi connectivity index (χ1n) is 13.9. The van der Waals surface area contributed by atoms with Crippen LogP contribution in [0, 0.1) is 5.41 Å². The Hall–Kier alpha value is -3.52. The van der Waals surface area contributed by atoms with Gasteiger partial charge in [-0.25, -0.2) is 14.8 Å². The third kappa shape index (κ3) is 14.4. The SMILES string of the molecule is COCCOCCNC(=O)NCCOCCOc1ccc(CCCCCC(=N)CC(=O)c2nc(Cl)c(N)nc2N)cc1. The fourth-order valence-electron chi connectivity index (χ4n) is 3.71. The lowest BCUT2D eigenvalue weighted by molar-refractivity contribution is 0.0725. The first-order valence-corrected chi connectivity index (χ1v) is 14.2. The quantitative estimate of drug-likeness (QED) is 0.0753. The maximum absolute atomic E-state index is 12.4. The number of nitrogens with one attached hydrogen (secondary N) is 3. The predicted molar refractivity (Wildman–Crippen MR) is 162 cm³/mol. The molecule has 0 saturated carbocycles. The number of Topliss-reactive ketones (excluding diaryl/α,β-unsaturated/α-hetero) is 1. The van der Waals surface area contributed by atoms with Crippen LogP contribution < -0.4 is 26.8 Å². The van der Waals surface area contributed by atoms with Gasteiger partial charge in [-0.15, -0.1) is 0 Å². The van der Waals surface area contributed by atoms with Crippen molar-refractivity contribution in [3.8, 4) is 5.75 Å². The van der Waals surface area contributed by atoms with Crippen LogP contribution in [0.2, 0.25) is 5.15 Å². The van der Waals surface area contributed by atoms with Crippen molar-refractivity contribution >= 4 is 40.8 Å². The molecule has 1 aromatic heterocycles. The van der Waals surface area contributed by atoms with E-state index < -0.39 is 5.78 Å². The first kappa shape index (κ1) is 34.7. The van der Waals surface area contributed by atoms with Gasteiger partial charge >= 0.3 is 6.03 Å². The molecule has 1 heterocycles. The Morgan fingerprint density at radius 3 is 2.21 bits per heavy atom. The summed E-state index contributed by atoms with van der Waals surface area (Å²) >= 11 is 5.83. The highest BCUT2D eigenvalue weighted by atomic mass is 35.5. The summed E-state index contributed by atoms with van der Waals surface area (Å²) < 4.78 is 21.3. The molecule has 232 valence electrons. The molecule has 0 aliphatic heterocycles. The molecule has 0 unspecified atom stereocenters. The zero-order valence-electron chi connectivity index (χ0n) is 24.1. The fraction of sp³-hybridized carbons (Fsp3) is 0.536. The summed E-state index contributed by atoms with van der Waals surface area (Å²) in [6, 6.07) is 7.66. The summed E-state index contributed by atoms with van der Waals surface area (Å²) in [5, 5.41) is 13.4. The van der Waals surface area contributed by atoms with Crippen molar-refractivity contribution < 1.29 is 28.5 Å². The van der Waals surface area contributed by atoms with Crippen molar-refractivity contribution in [1.29, 1.82) is 5.41 Å². The van der Waals surface area contributed by atoms with Gasteiger partial charge in [0.15, 0.2) is 28.3 Å². The number of aryl methyl sites for hydroxylation is 1. The maximum atomic E-state index is 12.4. The molecule has 2 aromatic rings. The Morgan fingerprint density at radius 1 is 0.881 bits per heavy atom. The lowest BCUT2D eigenvalue weighted by Gasteiger charge is -2.10. The van der Waals surface area contributed by atoms with Crippen LogP contribution in [0.15, 0.2) is 24.3 Å². The molecule has 0 bridgehead atoms. The van der Waals surface area contributed by atoms with Crippen LogP contribution in [-0.2, 0) is 20.6 Å². The largest absolute Gasteiger partial charge is 0.491 e. The Bertz CT molecular complexity index is 1120. The average Bonchev–Trinajstić information content (AvgIpc) is 2.96. The Balaban J connectivity index is 1.48. The fourth-order valence-corrected chi connectivity index (χ4v) is 3.84. The Kier molecular flexibility index (Phi) is 16.8. The smallest absolute Gasteiger partial charge is 0.314 e. The molecular formula is C28H42ClN7O6. The Morgan fingerprint density at radius 2 is 1.55 bits per heavy atom. The van der Waals surface area contributed by atoms with E-state index in [-0.39, 0.29) is 34.9 Å². The third-order valence-electron chi connectivity index (χ3n) is 5.90. The van der Waals surface area contributed by atoms with E-state index in [0.717, 1.165) is 31.4 Å². The molecule has 0 radical (unpaired) electrons. The second kappa shape index (κ2) is 20.4. The number of carbonyl (C=O) groups excluding carboxylic acids is 2. The van der Waals surface area contributed by atoms with Crippen molar-refractivity contribution in [2.75, 3.05) is 71.3 Å². The van der Waals surface area contributed by atoms with Crippen LogP contribution in [0.1, 0.15) is 48.2 Å². The molecule has 7 N–H and O–H groups in total. The molecule has 2 amide bonds. The van der Waals surface area contributed by atoms with Gasteiger partial charge < -0.3 is 46.5 Å². The summed E-state index contributed by atoms with van der Waals surface area (Å²) in [6.07, 6.45) is 4.06. The number of nitrogens with zero attached hydrogens (tertiary/aromatic N) is 2. The number of amides is 2. The van der Waals surface area contributed by atoms with Gasteiger partial charge in [0.05, 0.1) is 39.5 Å². The van der Waals surface area contributed by atoms with Gasteiger partial charge in [0.25, 0.3) is 0 Å². The molecule has 0 saturated heterocycles. The van der Waals surface area contributed by atoms with Crippen molar-refractivity contribution in [3.63, 3.8) is 0 Å². The number of nitrogens with two attached hydrogens (primary N) is 2. The monoisotopic (exact) mass is 607 g/mol. The average molecular weight is 608 g/mol. The molecule has 13 nitrogen and oxygen atoms in total. The normalized spacial score (nSPS) is 10.8. The van der Waals surface area contributed by atoms with Crippen molar-refractivity contribution in [2.45, 2.75) is 38.5 Å². The maximum Gasteiger partial charge on any atom is 0.314 e. The molecule has 0 atom stereocenters. The van der Waals surface area contributed by atoms with Gasteiger partial charge in [-0.2, -0.15) is 0 Å². The van der Waals surface area contributed by atoms with E-state index in [1.54, 1.807) is 7.11 Å². The molecule has 0 fully saturated rings. The zero-order chi connectivity index (χ0) is 30.6. The van der Waals surface area contributed by atoms with E-state index in [1.165, 1.54) is 5.56 Å². The van der Waals surface area contributed by atoms with Gasteiger partial charge in [0.1, 0.15) is 12.4 Å². The van der Waals surface area contributed by atoms with Crippen molar-refractivity contribution in [1.82, 2.24) is 20.6 Å². The number of rotatable bonds is 22. The number of unbranched alkanes of at least 4 members (excludes halogenated alkanes) is 2. The van der Waals surface area contributed by atoms with Crippen LogP contribution in [0.5, 0.6) is 5.75 Å². The van der Waals surface area contributed by atoms with Gasteiger partial charge in [0, 0.05) is 25.9 Å². The Labute approximate surface area is 251 Å². The highest BCUT2D eigenvalue weighted by Crippen LogP contribution is 2.19. The summed E-state index contributed by atoms with van der Waals surface area (Å²) in [7, 11) is 1.61. The van der Waals surface area contributed by atoms with Gasteiger partial charge in [0.2, 0.25) is 0 Å². The molecule has 0 aliphatic rings. The number of ether oxygens (including phenoxy) is 4. The minimum atomic E-state index is -0.394. The first-order chi connectivity index (χ1) is 20.3. The van der Waals surface area contributed by atoms with Crippen LogP contribution in [0.25, 0.3) is 0 Å². The number of methoxy groups -OCH3 is 1. The highest BCUT2D eigenvalue weighted by Gasteiger charge is 2.17. The van der Waals surface area contributed by atoms with E-state index >= 15 is 0 Å². The minimum Gasteiger partial charge on any atom is -0.491 e. The number of aromatic nitrogens is 2. The van der Waals surface area contributed by atoms with Crippen LogP contribution in [-0.4, -0.2) is 87.3 Å². The molecule has 1 aromatic carbocycles. The third-order valence-corrected chi connectivity index (χ3v) is 6.18. The summed E-state index contributed by atoms with van der Waals surface area (Å²) in [6.45, 7) is 3.48. The van der Waals surface area contributed by atoms with Crippen LogP contribution >= 0.6 is 11.6 Å². The summed E-state index contributed by atoms with van der Waals surface area (Å²) in [4.78, 5) is 31.7. The molecule has 0 aliphatic carbocycles. The number of benzene rings is 1. The molecule has 14 heteroatoms. The topological polar surface area (TPSA) is 197 Å². The number of hydrogen-bond acceptors (Lipinski definition) is 11. The zero-order valence-corrected chi connectivity index (χ0v) is 24.8. The van der Waals surface area contributed by atoms with E-state index in [1.807, 2.05) is 24.3 Å². The summed E-state index contributed by atoms with van der Waals surface area (Å²) in [5.41, 5.74) is 12.7. The standard InChI is InChI=1S/C28H42ClN7O6/c1-39-15-16-40-13-11-33-28(38)34-12-14-41-17-18-42-22-9-7-20(8-10-22)5-3-2-4-6-21(30)19-23(37)24-26(31)36-27(32)25(29)35-24/h7-10,30H,2-6,11-19H2,1H3,(H4,31,32,36)(H2,33,34,38). The molecular weight excluding hydrogens is 566 g/mol. The van der Waals surface area contributed by atoms with E-state index in [0.29, 0.717) is 64.9 Å². The molecule has 0 spiro atoms. The van der Waals surface area contributed by atoms with Crippen LogP contribution in [0.3, 0.4) is 0 Å². The second-order valence-electron chi connectivity index (χ2n) is 9.29. The number of hydrogen-bond donors (Lipinski definition) is 5. The van der Waals surface area contributed by atoms with E-state index in [4.69, 9.17) is 47.4 Å².